The van der Waals surface area contributed by atoms with Crippen LogP contribution in [0.15, 0.2) is 35.5 Å². The summed E-state index contributed by atoms with van der Waals surface area (Å²) in [5.74, 6) is -0.0739. The summed E-state index contributed by atoms with van der Waals surface area (Å²) in [7, 11) is 0. The lowest BCUT2D eigenvalue weighted by molar-refractivity contribution is -0.115. The Morgan fingerprint density at radius 3 is 2.29 bits per heavy atom. The average molecular weight is 396 g/mol. The summed E-state index contributed by atoms with van der Waals surface area (Å²) in [6, 6.07) is 10.2. The first-order valence-corrected chi connectivity index (χ1v) is 10.1. The standard InChI is InChI=1S/C21H25N5OS/c1-12-7-8-18(14(3)9-12)26-21(23-24-25-26)28-17(6)20(27)22-19-15(4)10-13(2)11-16(19)5/h7-11,17H,1-6H3,(H,22,27). The van der Waals surface area contributed by atoms with Crippen LogP contribution < -0.4 is 5.32 Å². The van der Waals surface area contributed by atoms with Gasteiger partial charge in [-0.2, -0.15) is 4.68 Å². The van der Waals surface area contributed by atoms with Gasteiger partial charge in [-0.25, -0.2) is 0 Å². The lowest BCUT2D eigenvalue weighted by Crippen LogP contribution is -2.24. The van der Waals surface area contributed by atoms with Crippen molar-refractivity contribution in [2.24, 2.45) is 0 Å². The number of anilines is 1. The Kier molecular flexibility index (Phi) is 5.84. The maximum atomic E-state index is 12.8. The topological polar surface area (TPSA) is 72.7 Å². The zero-order chi connectivity index (χ0) is 20.4. The van der Waals surface area contributed by atoms with E-state index in [1.165, 1.54) is 22.9 Å². The van der Waals surface area contributed by atoms with Crippen molar-refractivity contribution >= 4 is 23.4 Å². The Hall–Kier alpha value is -2.67. The molecule has 0 saturated carbocycles. The third-order valence-corrected chi connectivity index (χ3v) is 5.63. The van der Waals surface area contributed by atoms with Gasteiger partial charge in [-0.3, -0.25) is 4.79 Å². The van der Waals surface area contributed by atoms with E-state index in [1.54, 1.807) is 4.68 Å². The van der Waals surface area contributed by atoms with E-state index in [0.717, 1.165) is 28.1 Å². The number of rotatable bonds is 5. The maximum absolute atomic E-state index is 12.8. The molecular formula is C21H25N5OS. The maximum Gasteiger partial charge on any atom is 0.237 e. The van der Waals surface area contributed by atoms with Gasteiger partial charge in [0.2, 0.25) is 11.1 Å². The van der Waals surface area contributed by atoms with Gasteiger partial charge in [0.1, 0.15) is 0 Å². The molecule has 1 N–H and O–H groups in total. The number of carbonyl (C=O) groups excluding carboxylic acids is 1. The van der Waals surface area contributed by atoms with Crippen molar-refractivity contribution in [2.45, 2.75) is 51.9 Å². The normalized spacial score (nSPS) is 12.1. The summed E-state index contributed by atoms with van der Waals surface area (Å²) in [6.45, 7) is 12.0. The van der Waals surface area contributed by atoms with Gasteiger partial charge in [0.15, 0.2) is 0 Å². The first-order valence-electron chi connectivity index (χ1n) is 9.17. The number of nitrogens with one attached hydrogen (secondary N) is 1. The fourth-order valence-electron chi connectivity index (χ4n) is 3.26. The van der Waals surface area contributed by atoms with Crippen LogP contribution in [0.5, 0.6) is 0 Å². The molecule has 6 nitrogen and oxygen atoms in total. The van der Waals surface area contributed by atoms with E-state index in [4.69, 9.17) is 0 Å². The number of nitrogens with zero attached hydrogens (tertiary/aromatic N) is 4. The Morgan fingerprint density at radius 1 is 1.00 bits per heavy atom. The molecule has 0 fully saturated rings. The van der Waals surface area contributed by atoms with Gasteiger partial charge in [-0.05, 0) is 74.7 Å². The highest BCUT2D eigenvalue weighted by Crippen LogP contribution is 2.27. The van der Waals surface area contributed by atoms with Crippen LogP contribution >= 0.6 is 11.8 Å². The third-order valence-electron chi connectivity index (χ3n) is 4.60. The van der Waals surface area contributed by atoms with Gasteiger partial charge in [-0.15, -0.1) is 5.10 Å². The van der Waals surface area contributed by atoms with Gasteiger partial charge in [-0.1, -0.05) is 47.2 Å². The van der Waals surface area contributed by atoms with Crippen LogP contribution in [0.25, 0.3) is 5.69 Å². The molecule has 0 bridgehead atoms. The van der Waals surface area contributed by atoms with Crippen molar-refractivity contribution < 1.29 is 4.79 Å². The van der Waals surface area contributed by atoms with Gasteiger partial charge in [0.05, 0.1) is 10.9 Å². The Balaban J connectivity index is 1.78. The highest BCUT2D eigenvalue weighted by Gasteiger charge is 2.21. The van der Waals surface area contributed by atoms with E-state index in [2.05, 4.69) is 46.0 Å². The SMILES string of the molecule is Cc1ccc(-n2nnnc2SC(C)C(=O)Nc2c(C)cc(C)cc2C)c(C)c1. The van der Waals surface area contributed by atoms with E-state index in [0.29, 0.717) is 5.16 Å². The largest absolute Gasteiger partial charge is 0.325 e. The minimum Gasteiger partial charge on any atom is -0.325 e. The molecule has 0 aliphatic heterocycles. The molecule has 146 valence electrons. The number of carbonyl (C=O) groups is 1. The molecular weight excluding hydrogens is 370 g/mol. The Morgan fingerprint density at radius 2 is 1.64 bits per heavy atom. The molecule has 0 radical (unpaired) electrons. The monoisotopic (exact) mass is 395 g/mol. The smallest absolute Gasteiger partial charge is 0.237 e. The molecule has 1 atom stereocenters. The van der Waals surface area contributed by atoms with Crippen LogP contribution in [0.2, 0.25) is 0 Å². The Labute approximate surface area is 169 Å². The third kappa shape index (κ3) is 4.25. The fourth-order valence-corrected chi connectivity index (χ4v) is 4.06. The molecule has 2 aromatic carbocycles. The predicted octanol–water partition coefficient (Wildman–Crippen LogP) is 4.32. The molecule has 0 aliphatic carbocycles. The molecule has 1 unspecified atom stereocenters. The van der Waals surface area contributed by atoms with E-state index < -0.39 is 0 Å². The summed E-state index contributed by atoms with van der Waals surface area (Å²) in [4.78, 5) is 12.8. The van der Waals surface area contributed by atoms with Crippen LogP contribution in [0.4, 0.5) is 5.69 Å². The highest BCUT2D eigenvalue weighted by molar-refractivity contribution is 8.00. The number of benzene rings is 2. The summed E-state index contributed by atoms with van der Waals surface area (Å²) < 4.78 is 1.69. The summed E-state index contributed by atoms with van der Waals surface area (Å²) >= 11 is 1.34. The van der Waals surface area contributed by atoms with Gasteiger partial charge < -0.3 is 5.32 Å². The summed E-state index contributed by atoms with van der Waals surface area (Å²) in [6.07, 6.45) is 0. The van der Waals surface area contributed by atoms with Crippen molar-refractivity contribution in [3.63, 3.8) is 0 Å². The molecule has 1 amide bonds. The van der Waals surface area contributed by atoms with Crippen molar-refractivity contribution in [3.8, 4) is 5.69 Å². The molecule has 3 aromatic rings. The van der Waals surface area contributed by atoms with Crippen LogP contribution in [0.1, 0.15) is 34.7 Å². The fraction of sp³-hybridized carbons (Fsp3) is 0.333. The summed E-state index contributed by atoms with van der Waals surface area (Å²) in [5, 5.41) is 15.3. The van der Waals surface area contributed by atoms with Crippen molar-refractivity contribution in [1.29, 1.82) is 0 Å². The lowest BCUT2D eigenvalue weighted by atomic mass is 10.1. The van der Waals surface area contributed by atoms with E-state index >= 15 is 0 Å². The molecule has 1 heterocycles. The van der Waals surface area contributed by atoms with Crippen molar-refractivity contribution in [3.05, 3.63) is 58.1 Å². The molecule has 0 aliphatic rings. The van der Waals surface area contributed by atoms with Gasteiger partial charge in [0.25, 0.3) is 0 Å². The van der Waals surface area contributed by atoms with Crippen LogP contribution in [0, 0.1) is 34.6 Å². The van der Waals surface area contributed by atoms with Crippen LogP contribution in [-0.2, 0) is 4.79 Å². The lowest BCUT2D eigenvalue weighted by Gasteiger charge is -2.16. The first-order chi connectivity index (χ1) is 13.3. The number of hydrogen-bond acceptors (Lipinski definition) is 5. The molecule has 0 spiro atoms. The highest BCUT2D eigenvalue weighted by atomic mass is 32.2. The minimum absolute atomic E-state index is 0.0739. The minimum atomic E-state index is -0.351. The zero-order valence-electron chi connectivity index (χ0n) is 17.1. The number of amides is 1. The predicted molar refractivity (Wildman–Crippen MR) is 113 cm³/mol. The van der Waals surface area contributed by atoms with E-state index in [1.807, 2.05) is 46.8 Å². The number of hydrogen-bond donors (Lipinski definition) is 1. The first kappa shape index (κ1) is 20.1. The molecule has 0 saturated heterocycles. The van der Waals surface area contributed by atoms with E-state index in [-0.39, 0.29) is 11.2 Å². The van der Waals surface area contributed by atoms with Gasteiger partial charge >= 0.3 is 0 Å². The summed E-state index contributed by atoms with van der Waals surface area (Å²) in [5.41, 5.74) is 7.35. The van der Waals surface area contributed by atoms with Gasteiger partial charge in [0, 0.05) is 5.69 Å². The van der Waals surface area contributed by atoms with Crippen LogP contribution in [0.3, 0.4) is 0 Å². The second-order valence-electron chi connectivity index (χ2n) is 7.19. The van der Waals surface area contributed by atoms with Crippen molar-refractivity contribution in [2.75, 3.05) is 5.32 Å². The molecule has 1 aromatic heterocycles. The number of aryl methyl sites for hydroxylation is 5. The molecule has 28 heavy (non-hydrogen) atoms. The zero-order valence-corrected chi connectivity index (χ0v) is 17.9. The van der Waals surface area contributed by atoms with Crippen LogP contribution in [-0.4, -0.2) is 31.4 Å². The second-order valence-corrected chi connectivity index (χ2v) is 8.49. The second kappa shape index (κ2) is 8.14. The Bertz CT molecular complexity index is 1000. The number of tetrazole rings is 1. The van der Waals surface area contributed by atoms with E-state index in [9.17, 15) is 4.79 Å². The quantitative estimate of drug-likeness (QED) is 0.651. The number of aromatic nitrogens is 4. The number of thioether (sulfide) groups is 1. The van der Waals surface area contributed by atoms with Crippen molar-refractivity contribution in [1.82, 2.24) is 20.2 Å². The molecule has 7 heteroatoms. The average Bonchev–Trinajstić information content (AvgIpc) is 3.05. The molecule has 3 rings (SSSR count).